The van der Waals surface area contributed by atoms with Crippen molar-refractivity contribution in [3.63, 3.8) is 0 Å². The molecule has 1 aliphatic rings. The summed E-state index contributed by atoms with van der Waals surface area (Å²) in [5.41, 5.74) is 0.682. The van der Waals surface area contributed by atoms with Gasteiger partial charge in [-0.05, 0) is 17.5 Å². The van der Waals surface area contributed by atoms with Crippen LogP contribution in [0.2, 0.25) is 0 Å². The second-order valence-electron chi connectivity index (χ2n) is 4.74. The van der Waals surface area contributed by atoms with Gasteiger partial charge in [-0.15, -0.1) is 0 Å². The number of ether oxygens (including phenoxy) is 1. The van der Waals surface area contributed by atoms with Crippen LogP contribution in [0, 0.1) is 10.1 Å². The maximum atomic E-state index is 12.1. The summed E-state index contributed by atoms with van der Waals surface area (Å²) < 4.78 is 5.24. The zero-order valence-electron chi connectivity index (χ0n) is 11.7. The van der Waals surface area contributed by atoms with Crippen molar-refractivity contribution in [2.24, 2.45) is 0 Å². The lowest BCUT2D eigenvalue weighted by molar-refractivity contribution is -0.384. The minimum Gasteiger partial charge on any atom is -0.482 e. The van der Waals surface area contributed by atoms with Crippen molar-refractivity contribution in [1.82, 2.24) is 0 Å². The number of rotatable bonds is 4. The van der Waals surface area contributed by atoms with E-state index in [4.69, 9.17) is 4.74 Å². The van der Waals surface area contributed by atoms with Crippen LogP contribution in [0.3, 0.4) is 0 Å². The molecule has 2 amide bonds. The number of non-ortho nitro benzene ring substituents is 1. The highest BCUT2D eigenvalue weighted by Crippen LogP contribution is 2.35. The number of nitrogens with zero attached hydrogens (tertiary/aromatic N) is 2. The number of hydrogen-bond acceptors (Lipinski definition) is 6. The summed E-state index contributed by atoms with van der Waals surface area (Å²) in [6.07, 6.45) is 0. The number of hydrogen-bond donors (Lipinski definition) is 1. The number of nitro benzene ring substituents is 1. The molecular weight excluding hydrogens is 322 g/mol. The summed E-state index contributed by atoms with van der Waals surface area (Å²) in [6, 6.07) is 5.68. The van der Waals surface area contributed by atoms with Gasteiger partial charge in [0.15, 0.2) is 6.61 Å². The Labute approximate surface area is 134 Å². The smallest absolute Gasteiger partial charge is 0.271 e. The first kappa shape index (κ1) is 15.0. The zero-order valence-corrected chi connectivity index (χ0v) is 12.5. The number of anilines is 2. The van der Waals surface area contributed by atoms with E-state index in [1.807, 2.05) is 5.38 Å². The van der Waals surface area contributed by atoms with E-state index in [0.717, 1.165) is 0 Å². The van der Waals surface area contributed by atoms with Crippen LogP contribution in [0.1, 0.15) is 0 Å². The standard InChI is InChI=1S/C14H11N3O5S/c18-13(15-9-3-4-23-8-9)6-16-11-5-10(17(20)21)1-2-12(11)22-7-14(16)19/h1-5,8H,6-7H2,(H,15,18). The molecule has 0 unspecified atom stereocenters. The lowest BCUT2D eigenvalue weighted by Gasteiger charge is -2.28. The minimum atomic E-state index is -0.566. The molecule has 1 aromatic carbocycles. The second-order valence-corrected chi connectivity index (χ2v) is 5.52. The average molecular weight is 333 g/mol. The number of carbonyl (C=O) groups excluding carboxylic acids is 2. The topological polar surface area (TPSA) is 102 Å². The van der Waals surface area contributed by atoms with Crippen LogP contribution in [0.5, 0.6) is 5.75 Å². The molecule has 2 heterocycles. The molecule has 0 atom stereocenters. The molecule has 0 bridgehead atoms. The molecule has 0 saturated carbocycles. The first-order valence-electron chi connectivity index (χ1n) is 6.58. The first-order chi connectivity index (χ1) is 11.0. The van der Waals surface area contributed by atoms with Gasteiger partial charge >= 0.3 is 0 Å². The summed E-state index contributed by atoms with van der Waals surface area (Å²) in [5, 5.41) is 17.1. The number of benzene rings is 1. The van der Waals surface area contributed by atoms with Gasteiger partial charge in [-0.25, -0.2) is 0 Å². The van der Waals surface area contributed by atoms with Crippen molar-refractivity contribution >= 4 is 40.2 Å². The van der Waals surface area contributed by atoms with Crippen LogP contribution in [-0.2, 0) is 9.59 Å². The lowest BCUT2D eigenvalue weighted by atomic mass is 10.2. The molecule has 2 aromatic rings. The van der Waals surface area contributed by atoms with Gasteiger partial charge in [-0.2, -0.15) is 11.3 Å². The van der Waals surface area contributed by atoms with Gasteiger partial charge in [0.25, 0.3) is 11.6 Å². The van der Waals surface area contributed by atoms with E-state index in [2.05, 4.69) is 5.32 Å². The van der Waals surface area contributed by atoms with Crippen molar-refractivity contribution in [1.29, 1.82) is 0 Å². The Hall–Kier alpha value is -2.94. The predicted molar refractivity (Wildman–Crippen MR) is 83.9 cm³/mol. The van der Waals surface area contributed by atoms with Crippen molar-refractivity contribution in [2.75, 3.05) is 23.4 Å². The molecule has 9 heteroatoms. The summed E-state index contributed by atoms with van der Waals surface area (Å²) in [6.45, 7) is -0.456. The van der Waals surface area contributed by atoms with Crippen LogP contribution >= 0.6 is 11.3 Å². The highest BCUT2D eigenvalue weighted by atomic mass is 32.1. The minimum absolute atomic E-state index is 0.176. The van der Waals surface area contributed by atoms with E-state index in [1.165, 1.54) is 34.4 Å². The molecule has 1 aromatic heterocycles. The molecule has 0 spiro atoms. The Morgan fingerprint density at radius 2 is 2.26 bits per heavy atom. The average Bonchev–Trinajstić information content (AvgIpc) is 3.02. The molecule has 0 fully saturated rings. The van der Waals surface area contributed by atoms with E-state index in [0.29, 0.717) is 11.4 Å². The zero-order chi connectivity index (χ0) is 16.4. The fourth-order valence-electron chi connectivity index (χ4n) is 2.16. The van der Waals surface area contributed by atoms with Gasteiger partial charge in [0.05, 0.1) is 16.3 Å². The Kier molecular flexibility index (Phi) is 3.94. The highest BCUT2D eigenvalue weighted by Gasteiger charge is 2.29. The lowest BCUT2D eigenvalue weighted by Crippen LogP contribution is -2.43. The summed E-state index contributed by atoms with van der Waals surface area (Å²) in [4.78, 5) is 35.6. The molecule has 23 heavy (non-hydrogen) atoms. The predicted octanol–water partition coefficient (Wildman–Crippen LogP) is 2.02. The SMILES string of the molecule is O=C(CN1C(=O)COc2ccc([N+](=O)[O-])cc21)Nc1ccsc1. The molecule has 0 radical (unpaired) electrons. The third-order valence-corrected chi connectivity index (χ3v) is 3.89. The van der Waals surface area contributed by atoms with Crippen LogP contribution in [0.4, 0.5) is 17.1 Å². The van der Waals surface area contributed by atoms with Gasteiger partial charge in [0.1, 0.15) is 12.3 Å². The Morgan fingerprint density at radius 1 is 1.43 bits per heavy atom. The maximum Gasteiger partial charge on any atom is 0.271 e. The normalized spacial score (nSPS) is 13.2. The second kappa shape index (κ2) is 6.05. The molecule has 0 aliphatic carbocycles. The summed E-state index contributed by atoms with van der Waals surface area (Å²) >= 11 is 1.43. The van der Waals surface area contributed by atoms with E-state index in [9.17, 15) is 19.7 Å². The van der Waals surface area contributed by atoms with Crippen molar-refractivity contribution < 1.29 is 19.2 Å². The van der Waals surface area contributed by atoms with Gasteiger partial charge in [-0.1, -0.05) is 0 Å². The van der Waals surface area contributed by atoms with E-state index in [-0.39, 0.29) is 24.5 Å². The third kappa shape index (κ3) is 3.14. The fraction of sp³-hybridized carbons (Fsp3) is 0.143. The summed E-state index contributed by atoms with van der Waals surface area (Å²) in [5.74, 6) is -0.492. The van der Waals surface area contributed by atoms with Crippen molar-refractivity contribution in [2.45, 2.75) is 0 Å². The molecule has 118 valence electrons. The molecular formula is C14H11N3O5S. The van der Waals surface area contributed by atoms with Crippen LogP contribution in [0.25, 0.3) is 0 Å². The Bertz CT molecular complexity index is 775. The molecule has 3 rings (SSSR count). The van der Waals surface area contributed by atoms with Gasteiger partial charge < -0.3 is 10.1 Å². The maximum absolute atomic E-state index is 12.1. The molecule has 1 aliphatic heterocycles. The number of carbonyl (C=O) groups is 2. The molecule has 0 saturated heterocycles. The van der Waals surface area contributed by atoms with Crippen molar-refractivity contribution in [3.05, 3.63) is 45.1 Å². The highest BCUT2D eigenvalue weighted by molar-refractivity contribution is 7.08. The number of fused-ring (bicyclic) bond motifs is 1. The van der Waals surface area contributed by atoms with Crippen LogP contribution in [-0.4, -0.2) is 29.9 Å². The number of nitrogens with one attached hydrogen (secondary N) is 1. The molecule has 1 N–H and O–H groups in total. The molecule has 8 nitrogen and oxygen atoms in total. The van der Waals surface area contributed by atoms with Gasteiger partial charge in [0, 0.05) is 17.5 Å². The largest absolute Gasteiger partial charge is 0.482 e. The number of thiophene rings is 1. The van der Waals surface area contributed by atoms with E-state index in [1.54, 1.807) is 11.4 Å². The van der Waals surface area contributed by atoms with E-state index < -0.39 is 16.7 Å². The van der Waals surface area contributed by atoms with E-state index >= 15 is 0 Å². The quantitative estimate of drug-likeness (QED) is 0.681. The fourth-order valence-corrected chi connectivity index (χ4v) is 2.74. The number of amides is 2. The third-order valence-electron chi connectivity index (χ3n) is 3.20. The van der Waals surface area contributed by atoms with Gasteiger partial charge in [-0.3, -0.25) is 24.6 Å². The summed E-state index contributed by atoms with van der Waals surface area (Å²) in [7, 11) is 0. The monoisotopic (exact) mass is 333 g/mol. The Morgan fingerprint density at radius 3 is 2.96 bits per heavy atom. The van der Waals surface area contributed by atoms with Crippen LogP contribution in [0.15, 0.2) is 35.0 Å². The Balaban J connectivity index is 1.84. The van der Waals surface area contributed by atoms with Crippen molar-refractivity contribution in [3.8, 4) is 5.75 Å². The first-order valence-corrected chi connectivity index (χ1v) is 7.52. The number of nitro groups is 1. The van der Waals surface area contributed by atoms with Gasteiger partial charge in [0.2, 0.25) is 5.91 Å². The van der Waals surface area contributed by atoms with Crippen LogP contribution < -0.4 is 15.0 Å².